The molecule has 0 saturated heterocycles. The molecule has 0 N–H and O–H groups in total. The zero-order valence-electron chi connectivity index (χ0n) is 31.2. The zero-order chi connectivity index (χ0) is 37.8. The minimum atomic E-state index is -0.0613. The van der Waals surface area contributed by atoms with Gasteiger partial charge in [-0.05, 0) is 37.5 Å². The van der Waals surface area contributed by atoms with Crippen molar-refractivity contribution in [2.75, 3.05) is 0 Å². The Kier molecular flexibility index (Phi) is 9.44. The van der Waals surface area contributed by atoms with Gasteiger partial charge in [0.1, 0.15) is 5.82 Å². The Labute approximate surface area is 327 Å². The van der Waals surface area contributed by atoms with Gasteiger partial charge in [0.15, 0.2) is 11.6 Å². The van der Waals surface area contributed by atoms with Crippen LogP contribution in [0.2, 0.25) is 0 Å². The molecule has 0 saturated carbocycles. The fraction of sp³-hybridized carbons (Fsp3) is 0.0800. The molecular formula is C50H38N6. The third kappa shape index (κ3) is 7.08. The molecule has 0 amide bonds. The average molecular weight is 723 g/mol. The number of aryl methyl sites for hydroxylation is 2. The minimum Gasteiger partial charge on any atom is -0.258 e. The highest BCUT2D eigenvalue weighted by Gasteiger charge is 2.23. The van der Waals surface area contributed by atoms with E-state index in [1.165, 1.54) is 0 Å². The van der Waals surface area contributed by atoms with Crippen LogP contribution in [-0.2, 0) is 0 Å². The number of allylic oxidation sites excluding steroid dienone is 4. The van der Waals surface area contributed by atoms with E-state index in [0.717, 1.165) is 84.5 Å². The molecule has 268 valence electrons. The van der Waals surface area contributed by atoms with E-state index in [4.69, 9.17) is 24.9 Å². The van der Waals surface area contributed by atoms with E-state index in [-0.39, 0.29) is 5.92 Å². The first-order chi connectivity index (χ1) is 27.6. The summed E-state index contributed by atoms with van der Waals surface area (Å²) in [5.74, 6) is 1.96. The summed E-state index contributed by atoms with van der Waals surface area (Å²) in [6.45, 7) is 4.07. The predicted molar refractivity (Wildman–Crippen MR) is 226 cm³/mol. The van der Waals surface area contributed by atoms with Crippen LogP contribution in [0.5, 0.6) is 0 Å². The molecule has 9 rings (SSSR count). The first-order valence-electron chi connectivity index (χ1n) is 18.9. The molecule has 1 atom stereocenters. The predicted octanol–water partition coefficient (Wildman–Crippen LogP) is 11.8. The molecule has 56 heavy (non-hydrogen) atoms. The van der Waals surface area contributed by atoms with Gasteiger partial charge in [-0.1, -0.05) is 170 Å². The largest absolute Gasteiger partial charge is 0.258 e. The van der Waals surface area contributed by atoms with Crippen LogP contribution in [0.25, 0.3) is 73.2 Å². The van der Waals surface area contributed by atoms with Gasteiger partial charge in [-0.2, -0.15) is 0 Å². The maximum absolute atomic E-state index is 5.44. The lowest BCUT2D eigenvalue weighted by Crippen LogP contribution is -2.09. The number of pyridine rings is 1. The highest BCUT2D eigenvalue weighted by molar-refractivity contribution is 5.88. The number of rotatable bonds is 8. The van der Waals surface area contributed by atoms with Crippen molar-refractivity contribution in [1.29, 1.82) is 0 Å². The minimum absolute atomic E-state index is 0.0613. The molecule has 6 nitrogen and oxygen atoms in total. The van der Waals surface area contributed by atoms with E-state index >= 15 is 0 Å². The van der Waals surface area contributed by atoms with Crippen LogP contribution in [0.15, 0.2) is 176 Å². The fourth-order valence-electron chi connectivity index (χ4n) is 7.21. The maximum atomic E-state index is 5.44. The van der Waals surface area contributed by atoms with E-state index < -0.39 is 0 Å². The normalized spacial score (nSPS) is 13.7. The number of aromatic nitrogens is 6. The summed E-state index contributed by atoms with van der Waals surface area (Å²) in [4.78, 5) is 30.6. The highest BCUT2D eigenvalue weighted by Crippen LogP contribution is 2.38. The van der Waals surface area contributed by atoms with Crippen LogP contribution in [0.3, 0.4) is 0 Å². The van der Waals surface area contributed by atoms with Gasteiger partial charge >= 0.3 is 0 Å². The summed E-state index contributed by atoms with van der Waals surface area (Å²) in [7, 11) is 0. The number of hydrogen-bond donors (Lipinski definition) is 0. The van der Waals surface area contributed by atoms with Crippen LogP contribution in [-0.4, -0.2) is 29.9 Å². The fourth-order valence-corrected chi connectivity index (χ4v) is 7.21. The van der Waals surface area contributed by atoms with Crippen LogP contribution in [0.4, 0.5) is 0 Å². The van der Waals surface area contributed by atoms with Crippen molar-refractivity contribution in [2.24, 2.45) is 0 Å². The van der Waals surface area contributed by atoms with Gasteiger partial charge in [-0.25, -0.2) is 24.9 Å². The van der Waals surface area contributed by atoms with Crippen LogP contribution in [0, 0.1) is 13.8 Å². The maximum Gasteiger partial charge on any atom is 0.163 e. The lowest BCUT2D eigenvalue weighted by Gasteiger charge is -2.20. The van der Waals surface area contributed by atoms with Gasteiger partial charge in [0.25, 0.3) is 0 Å². The second kappa shape index (κ2) is 15.3. The van der Waals surface area contributed by atoms with Crippen molar-refractivity contribution in [3.63, 3.8) is 0 Å². The summed E-state index contributed by atoms with van der Waals surface area (Å²) >= 11 is 0. The second-order valence-corrected chi connectivity index (χ2v) is 13.9. The molecule has 0 fully saturated rings. The van der Waals surface area contributed by atoms with Crippen molar-refractivity contribution in [2.45, 2.75) is 26.2 Å². The van der Waals surface area contributed by atoms with Crippen molar-refractivity contribution in [3.05, 3.63) is 199 Å². The Bertz CT molecular complexity index is 2710. The van der Waals surface area contributed by atoms with Crippen molar-refractivity contribution in [3.8, 4) is 67.7 Å². The van der Waals surface area contributed by atoms with E-state index in [1.807, 2.05) is 91.9 Å². The first kappa shape index (κ1) is 34.6. The summed E-state index contributed by atoms with van der Waals surface area (Å²) in [5.41, 5.74) is 13.5. The highest BCUT2D eigenvalue weighted by atomic mass is 15.0. The Morgan fingerprint density at radius 1 is 0.411 bits per heavy atom. The molecule has 0 spiro atoms. The number of benzene rings is 5. The van der Waals surface area contributed by atoms with E-state index in [1.54, 1.807) is 0 Å². The first-order valence-corrected chi connectivity index (χ1v) is 18.9. The molecule has 3 aromatic heterocycles. The summed E-state index contributed by atoms with van der Waals surface area (Å²) in [6, 6.07) is 53.7. The third-order valence-electron chi connectivity index (χ3n) is 10.1. The smallest absolute Gasteiger partial charge is 0.163 e. The Hall–Kier alpha value is -7.18. The molecule has 1 unspecified atom stereocenters. The summed E-state index contributed by atoms with van der Waals surface area (Å²) in [5, 5.41) is 0. The molecule has 0 aliphatic heterocycles. The van der Waals surface area contributed by atoms with Gasteiger partial charge in [-0.15, -0.1) is 0 Å². The molecule has 8 aromatic rings. The Balaban J connectivity index is 1.10. The van der Waals surface area contributed by atoms with Crippen molar-refractivity contribution >= 4 is 5.57 Å². The summed E-state index contributed by atoms with van der Waals surface area (Å²) < 4.78 is 0. The third-order valence-corrected chi connectivity index (χ3v) is 10.1. The molecule has 1 aliphatic rings. The van der Waals surface area contributed by atoms with Gasteiger partial charge < -0.3 is 0 Å². The Morgan fingerprint density at radius 2 is 0.875 bits per heavy atom. The zero-order valence-corrected chi connectivity index (χ0v) is 31.2. The van der Waals surface area contributed by atoms with E-state index in [2.05, 4.69) is 103 Å². The van der Waals surface area contributed by atoms with Gasteiger partial charge in [-0.3, -0.25) is 4.98 Å². The number of nitrogens with zero attached hydrogens (tertiary/aromatic N) is 6. The topological polar surface area (TPSA) is 77.3 Å². The SMILES string of the molecule is Cc1ccc(-c2ccc(-c3nc(-c4ccccc4)nc(C4C=CC(c5nc(-c6ccccc6)c(-c6ccccc6)nc5-c5ccccc5)=CC4)n3)cc2)c(C)n1. The van der Waals surface area contributed by atoms with E-state index in [9.17, 15) is 0 Å². The van der Waals surface area contributed by atoms with Crippen LogP contribution >= 0.6 is 0 Å². The quantitative estimate of drug-likeness (QED) is 0.155. The Morgan fingerprint density at radius 3 is 1.38 bits per heavy atom. The molecule has 1 aliphatic carbocycles. The standard InChI is InChI=1S/C50H38N6/c1-33-23-32-43(34(2)51-33)35-24-28-41(29-25-35)49-54-48(40-21-13-6-14-22-40)55-50(56-49)42-30-26-39(27-31-42)47-46(38-19-11-5-12-20-38)52-44(36-15-7-3-8-16-36)45(53-47)37-17-9-4-10-18-37/h3-30,32,42H,31H2,1-2H3. The molecule has 3 heterocycles. The number of hydrogen-bond acceptors (Lipinski definition) is 6. The van der Waals surface area contributed by atoms with E-state index in [0.29, 0.717) is 18.1 Å². The van der Waals surface area contributed by atoms with Gasteiger partial charge in [0.2, 0.25) is 0 Å². The molecule has 5 aromatic carbocycles. The lowest BCUT2D eigenvalue weighted by molar-refractivity contribution is 0.765. The lowest BCUT2D eigenvalue weighted by atomic mass is 9.92. The average Bonchev–Trinajstić information content (AvgIpc) is 3.27. The second-order valence-electron chi connectivity index (χ2n) is 13.9. The van der Waals surface area contributed by atoms with Crippen LogP contribution < -0.4 is 0 Å². The molecule has 0 radical (unpaired) electrons. The molecule has 6 heteroatoms. The van der Waals surface area contributed by atoms with Crippen LogP contribution in [0.1, 0.15) is 35.2 Å². The monoisotopic (exact) mass is 722 g/mol. The van der Waals surface area contributed by atoms with Gasteiger partial charge in [0, 0.05) is 50.7 Å². The van der Waals surface area contributed by atoms with Crippen molar-refractivity contribution < 1.29 is 0 Å². The van der Waals surface area contributed by atoms with Gasteiger partial charge in [0.05, 0.1) is 22.8 Å². The molecular weight excluding hydrogens is 685 g/mol. The van der Waals surface area contributed by atoms with Crippen molar-refractivity contribution in [1.82, 2.24) is 29.9 Å². The molecule has 0 bridgehead atoms. The summed E-state index contributed by atoms with van der Waals surface area (Å²) in [6.07, 6.45) is 7.29.